The Bertz CT molecular complexity index is 498. The maximum Gasteiger partial charge on any atom is 0.169 e. The van der Waals surface area contributed by atoms with Crippen molar-refractivity contribution < 1.29 is 0 Å². The molecule has 0 saturated heterocycles. The number of anilines is 1. The van der Waals surface area contributed by atoms with E-state index in [-0.39, 0.29) is 0 Å². The van der Waals surface area contributed by atoms with Gasteiger partial charge in [-0.1, -0.05) is 33.1 Å². The summed E-state index contributed by atoms with van der Waals surface area (Å²) in [5.74, 6) is 0.772. The van der Waals surface area contributed by atoms with Gasteiger partial charge in [-0.2, -0.15) is 10.4 Å². The molecule has 1 aromatic rings. The Labute approximate surface area is 121 Å². The van der Waals surface area contributed by atoms with Gasteiger partial charge in [0, 0.05) is 13.1 Å². The summed E-state index contributed by atoms with van der Waals surface area (Å²) in [7, 11) is 2.06. The Hall–Kier alpha value is -1.63. The zero-order chi connectivity index (χ0) is 14.5. The number of aromatic nitrogens is 2. The van der Waals surface area contributed by atoms with E-state index in [1.165, 1.54) is 32.1 Å². The first-order valence-electron chi connectivity index (χ1n) is 7.74. The molecular formula is C16H24N4. The van der Waals surface area contributed by atoms with Crippen LogP contribution in [0.4, 0.5) is 5.82 Å². The summed E-state index contributed by atoms with van der Waals surface area (Å²) in [5, 5.41) is 18.3. The summed E-state index contributed by atoms with van der Waals surface area (Å²) < 4.78 is 0. The van der Waals surface area contributed by atoms with E-state index in [1.54, 1.807) is 0 Å². The van der Waals surface area contributed by atoms with Gasteiger partial charge in [-0.05, 0) is 31.2 Å². The van der Waals surface area contributed by atoms with Crippen LogP contribution in [0.25, 0.3) is 0 Å². The molecule has 0 bridgehead atoms. The van der Waals surface area contributed by atoms with Crippen LogP contribution >= 0.6 is 0 Å². The first-order valence-corrected chi connectivity index (χ1v) is 7.74. The quantitative estimate of drug-likeness (QED) is 0.844. The highest BCUT2D eigenvalue weighted by molar-refractivity contribution is 5.58. The number of nitrogens with zero attached hydrogens (tertiary/aromatic N) is 4. The van der Waals surface area contributed by atoms with Gasteiger partial charge in [0.1, 0.15) is 11.6 Å². The average Bonchev–Trinajstić information content (AvgIpc) is 2.53. The lowest BCUT2D eigenvalue weighted by molar-refractivity contribution is 0.425. The second-order valence-electron chi connectivity index (χ2n) is 5.55. The van der Waals surface area contributed by atoms with Crippen molar-refractivity contribution >= 4 is 5.82 Å². The zero-order valence-corrected chi connectivity index (χ0v) is 12.8. The van der Waals surface area contributed by atoms with Crippen LogP contribution in [-0.4, -0.2) is 23.3 Å². The highest BCUT2D eigenvalue weighted by Crippen LogP contribution is 2.28. The second-order valence-corrected chi connectivity index (χ2v) is 5.55. The molecule has 0 unspecified atom stereocenters. The van der Waals surface area contributed by atoms with Crippen molar-refractivity contribution in [1.82, 2.24) is 10.2 Å². The van der Waals surface area contributed by atoms with Crippen molar-refractivity contribution in [2.24, 2.45) is 0 Å². The van der Waals surface area contributed by atoms with Gasteiger partial charge in [-0.15, -0.1) is 5.10 Å². The third-order valence-corrected chi connectivity index (χ3v) is 4.40. The van der Waals surface area contributed by atoms with E-state index in [1.807, 2.05) is 0 Å². The van der Waals surface area contributed by atoms with Crippen molar-refractivity contribution in [3.8, 4) is 6.07 Å². The molecule has 20 heavy (non-hydrogen) atoms. The normalized spacial score (nSPS) is 15.9. The van der Waals surface area contributed by atoms with Crippen LogP contribution in [0.3, 0.4) is 0 Å². The summed E-state index contributed by atoms with van der Waals surface area (Å²) in [6, 6.07) is 2.87. The summed E-state index contributed by atoms with van der Waals surface area (Å²) in [6.45, 7) is 4.15. The molecule has 0 N–H and O–H groups in total. The fourth-order valence-electron chi connectivity index (χ4n) is 3.17. The molecule has 0 spiro atoms. The SMILES string of the molecule is CCc1nnc(N(C)C2CCCCC2)c(C#N)c1CC. The van der Waals surface area contributed by atoms with Gasteiger partial charge >= 0.3 is 0 Å². The van der Waals surface area contributed by atoms with Crippen LogP contribution < -0.4 is 4.90 Å². The van der Waals surface area contributed by atoms with E-state index in [2.05, 4.69) is 42.1 Å². The second kappa shape index (κ2) is 6.69. The predicted octanol–water partition coefficient (Wildman–Crippen LogP) is 3.24. The minimum Gasteiger partial charge on any atom is -0.354 e. The molecule has 1 heterocycles. The average molecular weight is 272 g/mol. The summed E-state index contributed by atoms with van der Waals surface area (Å²) in [6.07, 6.45) is 7.94. The fraction of sp³-hybridized carbons (Fsp3) is 0.688. The molecule has 0 amide bonds. The van der Waals surface area contributed by atoms with E-state index in [0.717, 1.165) is 35.5 Å². The van der Waals surface area contributed by atoms with Crippen molar-refractivity contribution in [2.45, 2.75) is 64.8 Å². The largest absolute Gasteiger partial charge is 0.354 e. The Morgan fingerprint density at radius 3 is 2.40 bits per heavy atom. The van der Waals surface area contributed by atoms with Crippen LogP contribution in [0.2, 0.25) is 0 Å². The molecule has 1 saturated carbocycles. The minimum absolute atomic E-state index is 0.502. The number of rotatable bonds is 4. The van der Waals surface area contributed by atoms with E-state index < -0.39 is 0 Å². The molecule has 0 radical (unpaired) electrons. The standard InChI is InChI=1S/C16H24N4/c1-4-13-14(11-17)16(19-18-15(13)5-2)20(3)12-9-7-6-8-10-12/h12H,4-10H2,1-3H3. The van der Waals surface area contributed by atoms with Crippen molar-refractivity contribution in [1.29, 1.82) is 5.26 Å². The summed E-state index contributed by atoms with van der Waals surface area (Å²) in [5.41, 5.74) is 2.76. The van der Waals surface area contributed by atoms with Crippen LogP contribution in [-0.2, 0) is 12.8 Å². The molecule has 2 rings (SSSR count). The van der Waals surface area contributed by atoms with Gasteiger partial charge < -0.3 is 4.90 Å². The van der Waals surface area contributed by atoms with Crippen LogP contribution in [0.5, 0.6) is 0 Å². The van der Waals surface area contributed by atoms with E-state index >= 15 is 0 Å². The number of hydrogen-bond acceptors (Lipinski definition) is 4. The van der Waals surface area contributed by atoms with Gasteiger partial charge in [-0.3, -0.25) is 0 Å². The molecule has 108 valence electrons. The maximum atomic E-state index is 9.55. The Morgan fingerprint density at radius 2 is 1.85 bits per heavy atom. The molecule has 4 heteroatoms. The molecule has 1 aliphatic rings. The zero-order valence-electron chi connectivity index (χ0n) is 12.8. The van der Waals surface area contributed by atoms with Crippen molar-refractivity contribution in [2.75, 3.05) is 11.9 Å². The Morgan fingerprint density at radius 1 is 1.15 bits per heavy atom. The lowest BCUT2D eigenvalue weighted by Gasteiger charge is -2.32. The molecule has 0 atom stereocenters. The molecule has 1 aromatic heterocycles. The van der Waals surface area contributed by atoms with Crippen LogP contribution in [0.15, 0.2) is 0 Å². The first-order chi connectivity index (χ1) is 9.72. The van der Waals surface area contributed by atoms with Crippen molar-refractivity contribution in [3.63, 3.8) is 0 Å². The fourth-order valence-corrected chi connectivity index (χ4v) is 3.17. The summed E-state index contributed by atoms with van der Waals surface area (Å²) >= 11 is 0. The smallest absolute Gasteiger partial charge is 0.169 e. The number of nitriles is 1. The van der Waals surface area contributed by atoms with Gasteiger partial charge in [0.25, 0.3) is 0 Å². The predicted molar refractivity (Wildman–Crippen MR) is 80.8 cm³/mol. The molecule has 0 aliphatic heterocycles. The molecule has 0 aromatic carbocycles. The minimum atomic E-state index is 0.502. The molecule has 1 aliphatic carbocycles. The molecule has 1 fully saturated rings. The maximum absolute atomic E-state index is 9.55. The lowest BCUT2D eigenvalue weighted by Crippen LogP contribution is -2.35. The van der Waals surface area contributed by atoms with Gasteiger partial charge in [0.15, 0.2) is 5.82 Å². The molecule has 4 nitrogen and oxygen atoms in total. The highest BCUT2D eigenvalue weighted by Gasteiger charge is 2.23. The van der Waals surface area contributed by atoms with Crippen LogP contribution in [0.1, 0.15) is 62.8 Å². The van der Waals surface area contributed by atoms with E-state index in [4.69, 9.17) is 0 Å². The summed E-state index contributed by atoms with van der Waals surface area (Å²) in [4.78, 5) is 2.18. The van der Waals surface area contributed by atoms with Gasteiger partial charge in [0.05, 0.1) is 5.69 Å². The van der Waals surface area contributed by atoms with Gasteiger partial charge in [-0.25, -0.2) is 0 Å². The van der Waals surface area contributed by atoms with E-state index in [9.17, 15) is 5.26 Å². The molecular weight excluding hydrogens is 248 g/mol. The Balaban J connectivity index is 2.38. The number of aryl methyl sites for hydroxylation is 1. The first kappa shape index (κ1) is 14.8. The number of hydrogen-bond donors (Lipinski definition) is 0. The highest BCUT2D eigenvalue weighted by atomic mass is 15.3. The monoisotopic (exact) mass is 272 g/mol. The third-order valence-electron chi connectivity index (χ3n) is 4.40. The van der Waals surface area contributed by atoms with Crippen LogP contribution in [0, 0.1) is 11.3 Å². The topological polar surface area (TPSA) is 52.8 Å². The van der Waals surface area contributed by atoms with Gasteiger partial charge in [0.2, 0.25) is 0 Å². The lowest BCUT2D eigenvalue weighted by atomic mass is 9.94. The third kappa shape index (κ3) is 2.77. The van der Waals surface area contributed by atoms with Crippen molar-refractivity contribution in [3.05, 3.63) is 16.8 Å². The van der Waals surface area contributed by atoms with E-state index in [0.29, 0.717) is 6.04 Å². The Kier molecular flexibility index (Phi) is 4.94.